The minimum atomic E-state index is -0.865. The molecule has 0 aliphatic heterocycles. The molecule has 0 fully saturated rings. The predicted octanol–water partition coefficient (Wildman–Crippen LogP) is 2.54. The van der Waals surface area contributed by atoms with E-state index in [0.717, 1.165) is 16.3 Å². The number of fused-ring (bicyclic) bond motifs is 1. The third-order valence-corrected chi connectivity index (χ3v) is 4.18. The van der Waals surface area contributed by atoms with E-state index in [0.29, 0.717) is 11.1 Å². The summed E-state index contributed by atoms with van der Waals surface area (Å²) < 4.78 is 0. The largest absolute Gasteiger partial charge is 0.368 e. The summed E-state index contributed by atoms with van der Waals surface area (Å²) >= 11 is 0. The number of primary amides is 1. The number of carbonyl (C=O) groups excluding carboxylic acids is 2. The van der Waals surface area contributed by atoms with Crippen LogP contribution in [0, 0.1) is 11.3 Å². The van der Waals surface area contributed by atoms with Gasteiger partial charge in [0, 0.05) is 12.0 Å². The van der Waals surface area contributed by atoms with E-state index in [9.17, 15) is 9.59 Å². The Labute approximate surface area is 151 Å². The molecule has 0 heterocycles. The highest BCUT2D eigenvalue weighted by molar-refractivity contribution is 6.08. The van der Waals surface area contributed by atoms with Gasteiger partial charge in [-0.2, -0.15) is 5.26 Å². The molecule has 0 aromatic heterocycles. The lowest BCUT2D eigenvalue weighted by Gasteiger charge is -2.16. The Balaban J connectivity index is 1.84. The first-order valence-electron chi connectivity index (χ1n) is 8.15. The lowest BCUT2D eigenvalue weighted by Crippen LogP contribution is -2.45. The topological polar surface area (TPSA) is 96.0 Å². The molecule has 1 atom stereocenters. The van der Waals surface area contributed by atoms with Crippen molar-refractivity contribution in [2.45, 2.75) is 12.5 Å². The molecular formula is C21H17N3O2. The second-order valence-electron chi connectivity index (χ2n) is 5.97. The number of nitrogens with zero attached hydrogens (tertiary/aromatic N) is 1. The van der Waals surface area contributed by atoms with Crippen molar-refractivity contribution in [1.82, 2.24) is 5.32 Å². The summed E-state index contributed by atoms with van der Waals surface area (Å²) in [5.74, 6) is -0.983. The fraction of sp³-hybridized carbons (Fsp3) is 0.0952. The molecule has 0 spiro atoms. The molecule has 5 nitrogen and oxygen atoms in total. The second kappa shape index (κ2) is 7.49. The SMILES string of the molecule is N#Cc1cccc(C[C@@H](NC(=O)c2cccc3ccccc23)C(N)=O)c1. The molecule has 2 amide bonds. The molecule has 128 valence electrons. The summed E-state index contributed by atoms with van der Waals surface area (Å²) in [6.45, 7) is 0. The van der Waals surface area contributed by atoms with Crippen LogP contribution in [-0.4, -0.2) is 17.9 Å². The van der Waals surface area contributed by atoms with E-state index in [1.807, 2.05) is 30.3 Å². The van der Waals surface area contributed by atoms with Gasteiger partial charge in [-0.1, -0.05) is 48.5 Å². The highest BCUT2D eigenvalue weighted by atomic mass is 16.2. The molecule has 0 bridgehead atoms. The van der Waals surface area contributed by atoms with Crippen LogP contribution in [0.2, 0.25) is 0 Å². The number of hydrogen-bond acceptors (Lipinski definition) is 3. The molecule has 0 radical (unpaired) electrons. The van der Waals surface area contributed by atoms with Crippen LogP contribution in [0.15, 0.2) is 66.7 Å². The highest BCUT2D eigenvalue weighted by Gasteiger charge is 2.20. The van der Waals surface area contributed by atoms with Gasteiger partial charge in [0.25, 0.3) is 5.91 Å². The van der Waals surface area contributed by atoms with E-state index in [4.69, 9.17) is 11.0 Å². The van der Waals surface area contributed by atoms with Crippen molar-refractivity contribution in [3.8, 4) is 6.07 Å². The Kier molecular flexibility index (Phi) is 4.95. The van der Waals surface area contributed by atoms with Crippen LogP contribution in [0.4, 0.5) is 0 Å². The Morgan fingerprint density at radius 1 is 1.04 bits per heavy atom. The zero-order valence-electron chi connectivity index (χ0n) is 14.0. The van der Waals surface area contributed by atoms with Crippen LogP contribution in [0.3, 0.4) is 0 Å². The van der Waals surface area contributed by atoms with Gasteiger partial charge in [-0.05, 0) is 34.5 Å². The van der Waals surface area contributed by atoms with Gasteiger partial charge in [0.2, 0.25) is 5.91 Å². The summed E-state index contributed by atoms with van der Waals surface area (Å²) in [6, 6.07) is 21.1. The summed E-state index contributed by atoms with van der Waals surface area (Å²) in [4.78, 5) is 24.5. The van der Waals surface area contributed by atoms with E-state index < -0.39 is 11.9 Å². The zero-order chi connectivity index (χ0) is 18.5. The van der Waals surface area contributed by atoms with E-state index in [1.165, 1.54) is 0 Å². The number of nitrogens with two attached hydrogens (primary N) is 1. The Morgan fingerprint density at radius 3 is 2.54 bits per heavy atom. The Morgan fingerprint density at radius 2 is 1.77 bits per heavy atom. The first kappa shape index (κ1) is 17.2. The first-order valence-corrected chi connectivity index (χ1v) is 8.15. The quantitative estimate of drug-likeness (QED) is 0.745. The normalized spacial score (nSPS) is 11.5. The number of nitriles is 1. The molecule has 5 heteroatoms. The molecule has 26 heavy (non-hydrogen) atoms. The Hall–Kier alpha value is -3.65. The lowest BCUT2D eigenvalue weighted by molar-refractivity contribution is -0.119. The summed E-state index contributed by atoms with van der Waals surface area (Å²) in [5, 5.41) is 13.5. The summed E-state index contributed by atoms with van der Waals surface area (Å²) in [7, 11) is 0. The lowest BCUT2D eigenvalue weighted by atomic mass is 10.0. The maximum atomic E-state index is 12.7. The van der Waals surface area contributed by atoms with E-state index in [1.54, 1.807) is 36.4 Å². The fourth-order valence-corrected chi connectivity index (χ4v) is 2.89. The van der Waals surface area contributed by atoms with Gasteiger partial charge in [-0.25, -0.2) is 0 Å². The maximum Gasteiger partial charge on any atom is 0.252 e. The molecule has 3 N–H and O–H groups in total. The molecule has 0 aliphatic carbocycles. The number of rotatable bonds is 5. The van der Waals surface area contributed by atoms with Crippen LogP contribution in [0.25, 0.3) is 10.8 Å². The van der Waals surface area contributed by atoms with E-state index >= 15 is 0 Å². The number of amides is 2. The zero-order valence-corrected chi connectivity index (χ0v) is 14.0. The van der Waals surface area contributed by atoms with Crippen molar-refractivity contribution < 1.29 is 9.59 Å². The van der Waals surface area contributed by atoms with Crippen molar-refractivity contribution in [3.63, 3.8) is 0 Å². The van der Waals surface area contributed by atoms with Crippen molar-refractivity contribution in [3.05, 3.63) is 83.4 Å². The maximum absolute atomic E-state index is 12.7. The third-order valence-electron chi connectivity index (χ3n) is 4.18. The van der Waals surface area contributed by atoms with Crippen molar-refractivity contribution in [1.29, 1.82) is 5.26 Å². The van der Waals surface area contributed by atoms with Crippen LogP contribution >= 0.6 is 0 Å². The van der Waals surface area contributed by atoms with Crippen molar-refractivity contribution >= 4 is 22.6 Å². The van der Waals surface area contributed by atoms with Crippen LogP contribution in [-0.2, 0) is 11.2 Å². The predicted molar refractivity (Wildman–Crippen MR) is 99.3 cm³/mol. The second-order valence-corrected chi connectivity index (χ2v) is 5.97. The van der Waals surface area contributed by atoms with Gasteiger partial charge in [-0.3, -0.25) is 9.59 Å². The van der Waals surface area contributed by atoms with Crippen molar-refractivity contribution in [2.75, 3.05) is 0 Å². The van der Waals surface area contributed by atoms with Gasteiger partial charge in [0.15, 0.2) is 0 Å². The molecule has 0 aliphatic rings. The van der Waals surface area contributed by atoms with Gasteiger partial charge < -0.3 is 11.1 Å². The molecule has 3 aromatic carbocycles. The van der Waals surface area contributed by atoms with Gasteiger partial charge in [-0.15, -0.1) is 0 Å². The van der Waals surface area contributed by atoms with E-state index in [2.05, 4.69) is 11.4 Å². The fourth-order valence-electron chi connectivity index (χ4n) is 2.89. The minimum Gasteiger partial charge on any atom is -0.368 e. The molecule has 0 saturated carbocycles. The molecule has 3 aromatic rings. The van der Waals surface area contributed by atoms with Crippen LogP contribution in [0.5, 0.6) is 0 Å². The standard InChI is InChI=1S/C21H17N3O2/c22-13-15-6-3-5-14(11-15)12-19(20(23)25)24-21(26)18-10-4-8-16-7-1-2-9-17(16)18/h1-11,19H,12H2,(H2,23,25)(H,24,26)/t19-/m1/s1. The van der Waals surface area contributed by atoms with Gasteiger partial charge >= 0.3 is 0 Å². The monoisotopic (exact) mass is 343 g/mol. The van der Waals surface area contributed by atoms with Crippen LogP contribution < -0.4 is 11.1 Å². The van der Waals surface area contributed by atoms with Crippen LogP contribution in [0.1, 0.15) is 21.5 Å². The number of carbonyl (C=O) groups is 2. The number of hydrogen-bond donors (Lipinski definition) is 2. The van der Waals surface area contributed by atoms with Gasteiger partial charge in [0.05, 0.1) is 11.6 Å². The highest BCUT2D eigenvalue weighted by Crippen LogP contribution is 2.18. The molecule has 0 saturated heterocycles. The minimum absolute atomic E-state index is 0.224. The average Bonchev–Trinajstić information content (AvgIpc) is 2.67. The van der Waals surface area contributed by atoms with Crippen molar-refractivity contribution in [2.24, 2.45) is 5.73 Å². The van der Waals surface area contributed by atoms with E-state index in [-0.39, 0.29) is 12.3 Å². The molecule has 3 rings (SSSR count). The molecular weight excluding hydrogens is 326 g/mol. The smallest absolute Gasteiger partial charge is 0.252 e. The first-order chi connectivity index (χ1) is 12.6. The third kappa shape index (κ3) is 3.70. The summed E-state index contributed by atoms with van der Waals surface area (Å²) in [6.07, 6.45) is 0.224. The summed E-state index contributed by atoms with van der Waals surface area (Å²) in [5.41, 5.74) is 7.21. The average molecular weight is 343 g/mol. The number of benzene rings is 3. The number of nitrogens with one attached hydrogen (secondary N) is 1. The Bertz CT molecular complexity index is 1020. The van der Waals surface area contributed by atoms with Gasteiger partial charge in [0.1, 0.15) is 6.04 Å². The molecule has 0 unspecified atom stereocenters.